The fraction of sp³-hybridized carbons (Fsp3) is 0.421. The molecule has 3 aromatic rings. The average Bonchev–Trinajstić information content (AvgIpc) is 3.32. The summed E-state index contributed by atoms with van der Waals surface area (Å²) >= 11 is 0. The van der Waals surface area contributed by atoms with Gasteiger partial charge >= 0.3 is 0 Å². The number of sulfonamides is 1. The summed E-state index contributed by atoms with van der Waals surface area (Å²) < 4.78 is 41.8. The van der Waals surface area contributed by atoms with E-state index in [0.29, 0.717) is 61.1 Å². The van der Waals surface area contributed by atoms with E-state index in [2.05, 4.69) is 25.6 Å². The van der Waals surface area contributed by atoms with Crippen LogP contribution in [0.1, 0.15) is 12.8 Å². The zero-order valence-corrected chi connectivity index (χ0v) is 17.0. The van der Waals surface area contributed by atoms with Crippen molar-refractivity contribution in [2.24, 2.45) is 0 Å². The molecule has 5 heterocycles. The van der Waals surface area contributed by atoms with Gasteiger partial charge in [-0.05, 0) is 31.5 Å². The number of fused-ring (bicyclic) bond motifs is 1. The predicted molar refractivity (Wildman–Crippen MR) is 112 cm³/mol. The van der Waals surface area contributed by atoms with Gasteiger partial charge in [-0.25, -0.2) is 27.8 Å². The normalized spacial score (nSPS) is 23.7. The first-order valence-corrected chi connectivity index (χ1v) is 11.5. The summed E-state index contributed by atoms with van der Waals surface area (Å²) in [4.78, 5) is 13.3. The van der Waals surface area contributed by atoms with E-state index in [-0.39, 0.29) is 11.8 Å². The van der Waals surface area contributed by atoms with Crippen molar-refractivity contribution in [1.29, 1.82) is 0 Å². The highest BCUT2D eigenvalue weighted by molar-refractivity contribution is 7.93. The third kappa shape index (κ3) is 3.47. The number of anilines is 2. The van der Waals surface area contributed by atoms with Crippen LogP contribution in [-0.4, -0.2) is 65.4 Å². The number of halogens is 1. The molecule has 0 aromatic carbocycles. The fourth-order valence-electron chi connectivity index (χ4n) is 3.91. The molecule has 2 fully saturated rings. The molecular formula is C19H22FN7O2S. The Morgan fingerprint density at radius 2 is 2.13 bits per heavy atom. The molecule has 158 valence electrons. The molecule has 2 unspecified atom stereocenters. The van der Waals surface area contributed by atoms with Crippen LogP contribution in [0.25, 0.3) is 17.0 Å². The molecule has 0 saturated carbocycles. The average molecular weight is 431 g/mol. The van der Waals surface area contributed by atoms with E-state index in [0.717, 1.165) is 0 Å². The van der Waals surface area contributed by atoms with E-state index in [1.165, 1.54) is 4.31 Å². The van der Waals surface area contributed by atoms with Crippen LogP contribution in [0.15, 0.2) is 36.8 Å². The first-order valence-electron chi connectivity index (χ1n) is 9.93. The Morgan fingerprint density at radius 1 is 1.23 bits per heavy atom. The van der Waals surface area contributed by atoms with Crippen molar-refractivity contribution in [3.63, 3.8) is 0 Å². The van der Waals surface area contributed by atoms with Crippen molar-refractivity contribution >= 4 is 27.3 Å². The molecule has 2 aliphatic heterocycles. The van der Waals surface area contributed by atoms with E-state index in [9.17, 15) is 12.8 Å². The quantitative estimate of drug-likeness (QED) is 0.644. The number of hydrogen-bond donors (Lipinski definition) is 2. The highest BCUT2D eigenvalue weighted by atomic mass is 32.2. The number of pyridine rings is 1. The van der Waals surface area contributed by atoms with Gasteiger partial charge in [-0.15, -0.1) is 0 Å². The highest BCUT2D eigenvalue weighted by Gasteiger charge is 2.30. The minimum Gasteiger partial charge on any atom is -0.363 e. The number of rotatable bonds is 4. The second-order valence-electron chi connectivity index (χ2n) is 7.53. The molecule has 2 atom stereocenters. The molecule has 0 bridgehead atoms. The number of imidazole rings is 1. The zero-order chi connectivity index (χ0) is 20.7. The lowest BCUT2D eigenvalue weighted by Gasteiger charge is -2.28. The number of hydrogen-bond acceptors (Lipinski definition) is 7. The van der Waals surface area contributed by atoms with Crippen molar-refractivity contribution in [2.75, 3.05) is 35.0 Å². The maximum absolute atomic E-state index is 14.2. The Labute approximate surface area is 173 Å². The van der Waals surface area contributed by atoms with Gasteiger partial charge in [-0.2, -0.15) is 0 Å². The van der Waals surface area contributed by atoms with Crippen molar-refractivity contribution in [2.45, 2.75) is 25.1 Å². The molecule has 0 amide bonds. The first-order chi connectivity index (χ1) is 14.5. The lowest BCUT2D eigenvalue weighted by molar-refractivity contribution is 0.241. The van der Waals surface area contributed by atoms with Gasteiger partial charge in [-0.3, -0.25) is 8.71 Å². The molecule has 9 nitrogen and oxygen atoms in total. The van der Waals surface area contributed by atoms with Crippen LogP contribution in [-0.2, 0) is 10.0 Å². The van der Waals surface area contributed by atoms with E-state index >= 15 is 0 Å². The SMILES string of the molecule is O=S1(=O)CCCN1c1cn2c(-c3cccc(NC4CNCCC4F)n3)cnc2cn1. The molecular weight excluding hydrogens is 409 g/mol. The fourth-order valence-corrected chi connectivity index (χ4v) is 5.41. The Kier molecular flexibility index (Phi) is 4.78. The van der Waals surface area contributed by atoms with Crippen LogP contribution < -0.4 is 14.9 Å². The van der Waals surface area contributed by atoms with Crippen LogP contribution in [0.2, 0.25) is 0 Å². The van der Waals surface area contributed by atoms with Gasteiger partial charge in [0, 0.05) is 13.1 Å². The maximum atomic E-state index is 14.2. The minimum absolute atomic E-state index is 0.129. The van der Waals surface area contributed by atoms with Gasteiger partial charge in [0.1, 0.15) is 12.0 Å². The summed E-state index contributed by atoms with van der Waals surface area (Å²) in [5.74, 6) is 1.07. The van der Waals surface area contributed by atoms with Gasteiger partial charge in [0.05, 0.1) is 41.8 Å². The molecule has 0 spiro atoms. The summed E-state index contributed by atoms with van der Waals surface area (Å²) in [7, 11) is -3.33. The minimum atomic E-state index is -3.33. The van der Waals surface area contributed by atoms with Gasteiger partial charge in [0.15, 0.2) is 11.5 Å². The standard InChI is InChI=1S/C19H22FN7O2S/c20-13-5-6-21-9-15(13)25-17-4-1-3-14(24-17)16-10-22-18-11-23-19(12-26(16)18)27-7-2-8-30(27,28)29/h1,3-4,10-13,15,21H,2,5-9H2,(H,24,25). The molecule has 0 aliphatic carbocycles. The second-order valence-corrected chi connectivity index (χ2v) is 9.54. The number of nitrogens with zero attached hydrogens (tertiary/aromatic N) is 5. The predicted octanol–water partition coefficient (Wildman–Crippen LogP) is 1.44. The molecule has 2 aliphatic rings. The largest absolute Gasteiger partial charge is 0.363 e. The number of aromatic nitrogens is 4. The van der Waals surface area contributed by atoms with E-state index < -0.39 is 16.2 Å². The molecule has 11 heteroatoms. The van der Waals surface area contributed by atoms with Crippen LogP contribution in [0.4, 0.5) is 16.0 Å². The third-order valence-electron chi connectivity index (χ3n) is 5.48. The monoisotopic (exact) mass is 431 g/mol. The van der Waals surface area contributed by atoms with Crippen molar-refractivity contribution in [3.05, 3.63) is 36.8 Å². The van der Waals surface area contributed by atoms with Crippen molar-refractivity contribution in [1.82, 2.24) is 24.7 Å². The van der Waals surface area contributed by atoms with Gasteiger partial charge in [0.25, 0.3) is 0 Å². The molecule has 5 rings (SSSR count). The Morgan fingerprint density at radius 3 is 2.93 bits per heavy atom. The van der Waals surface area contributed by atoms with Gasteiger partial charge in [0.2, 0.25) is 10.0 Å². The van der Waals surface area contributed by atoms with E-state index in [4.69, 9.17) is 0 Å². The Bertz CT molecular complexity index is 1180. The highest BCUT2D eigenvalue weighted by Crippen LogP contribution is 2.26. The van der Waals surface area contributed by atoms with E-state index in [1.54, 1.807) is 29.1 Å². The number of alkyl halides is 1. The molecule has 2 saturated heterocycles. The summed E-state index contributed by atoms with van der Waals surface area (Å²) in [5.41, 5.74) is 1.94. The second kappa shape index (κ2) is 7.47. The summed E-state index contributed by atoms with van der Waals surface area (Å²) in [6.45, 7) is 1.64. The topological polar surface area (TPSA) is 105 Å². The van der Waals surface area contributed by atoms with Crippen LogP contribution >= 0.6 is 0 Å². The summed E-state index contributed by atoms with van der Waals surface area (Å²) in [6.07, 6.45) is 5.02. The van der Waals surface area contributed by atoms with Crippen LogP contribution in [0.3, 0.4) is 0 Å². The summed E-state index contributed by atoms with van der Waals surface area (Å²) in [5, 5.41) is 6.36. The first kappa shape index (κ1) is 19.2. The smallest absolute Gasteiger partial charge is 0.236 e. The number of piperidine rings is 1. The number of nitrogens with one attached hydrogen (secondary N) is 2. The van der Waals surface area contributed by atoms with Crippen molar-refractivity contribution in [3.8, 4) is 11.4 Å². The lowest BCUT2D eigenvalue weighted by Crippen LogP contribution is -2.46. The molecule has 0 radical (unpaired) electrons. The van der Waals surface area contributed by atoms with Gasteiger partial charge in [-0.1, -0.05) is 6.07 Å². The van der Waals surface area contributed by atoms with Crippen LogP contribution in [0.5, 0.6) is 0 Å². The molecule has 2 N–H and O–H groups in total. The lowest BCUT2D eigenvalue weighted by atomic mass is 10.1. The van der Waals surface area contributed by atoms with Gasteiger partial charge < -0.3 is 10.6 Å². The van der Waals surface area contributed by atoms with Crippen molar-refractivity contribution < 1.29 is 12.8 Å². The third-order valence-corrected chi connectivity index (χ3v) is 7.33. The summed E-state index contributed by atoms with van der Waals surface area (Å²) in [6, 6.07) is 5.16. The Balaban J connectivity index is 1.48. The van der Waals surface area contributed by atoms with Crippen LogP contribution in [0, 0.1) is 0 Å². The zero-order valence-electron chi connectivity index (χ0n) is 16.2. The molecule has 3 aromatic heterocycles. The molecule has 30 heavy (non-hydrogen) atoms. The van der Waals surface area contributed by atoms with E-state index in [1.807, 2.05) is 12.1 Å². The maximum Gasteiger partial charge on any atom is 0.236 e. The Hall–Kier alpha value is -2.79.